The van der Waals surface area contributed by atoms with Gasteiger partial charge in [-0.1, -0.05) is 12.5 Å². The van der Waals surface area contributed by atoms with Gasteiger partial charge in [-0.3, -0.25) is 9.59 Å². The standard InChI is InChI=1S/C20H29N3O3.ClH/c1-14-6-7-16(12-18(14)26-2)20(25)23-10-8-22(9-11-23)19(24)13-15-4-3-5-17(15)21;/h6-7,12,15,17H,3-5,8-11,13,21H2,1-2H3;1H/t15-,17+;/m0./s1. The van der Waals surface area contributed by atoms with E-state index in [1.54, 1.807) is 13.2 Å². The third-order valence-corrected chi connectivity index (χ3v) is 5.73. The molecule has 2 N–H and O–H groups in total. The molecule has 1 aliphatic carbocycles. The number of hydrogen-bond acceptors (Lipinski definition) is 4. The maximum atomic E-state index is 12.7. The molecule has 2 atom stereocenters. The van der Waals surface area contributed by atoms with E-state index >= 15 is 0 Å². The predicted octanol–water partition coefficient (Wildman–Crippen LogP) is 2.23. The molecule has 7 heteroatoms. The second-order valence-corrected chi connectivity index (χ2v) is 7.42. The van der Waals surface area contributed by atoms with Crippen molar-refractivity contribution in [2.24, 2.45) is 11.7 Å². The third kappa shape index (κ3) is 4.93. The lowest BCUT2D eigenvalue weighted by atomic mass is 9.99. The molecule has 1 aliphatic heterocycles. The molecule has 0 aromatic heterocycles. The van der Waals surface area contributed by atoms with E-state index in [4.69, 9.17) is 10.5 Å². The number of carbonyl (C=O) groups excluding carboxylic acids is 2. The molecule has 0 spiro atoms. The van der Waals surface area contributed by atoms with Crippen LogP contribution in [0.3, 0.4) is 0 Å². The Balaban J connectivity index is 0.00000261. The number of rotatable bonds is 4. The van der Waals surface area contributed by atoms with Gasteiger partial charge in [0.1, 0.15) is 5.75 Å². The number of carbonyl (C=O) groups is 2. The number of nitrogens with two attached hydrogens (primary N) is 1. The first-order valence-electron chi connectivity index (χ1n) is 9.47. The van der Waals surface area contributed by atoms with Crippen molar-refractivity contribution in [3.8, 4) is 5.75 Å². The smallest absolute Gasteiger partial charge is 0.254 e. The van der Waals surface area contributed by atoms with Crippen LogP contribution in [0.15, 0.2) is 18.2 Å². The van der Waals surface area contributed by atoms with E-state index in [9.17, 15) is 9.59 Å². The zero-order chi connectivity index (χ0) is 18.7. The molecule has 1 saturated heterocycles. The maximum absolute atomic E-state index is 12.7. The molecule has 0 unspecified atom stereocenters. The molecule has 6 nitrogen and oxygen atoms in total. The Morgan fingerprint density at radius 2 is 1.81 bits per heavy atom. The minimum Gasteiger partial charge on any atom is -0.496 e. The summed E-state index contributed by atoms with van der Waals surface area (Å²) in [5, 5.41) is 0. The van der Waals surface area contributed by atoms with Crippen LogP contribution in [-0.2, 0) is 4.79 Å². The second-order valence-electron chi connectivity index (χ2n) is 7.42. The predicted molar refractivity (Wildman–Crippen MR) is 107 cm³/mol. The van der Waals surface area contributed by atoms with Gasteiger partial charge in [-0.25, -0.2) is 0 Å². The van der Waals surface area contributed by atoms with E-state index in [-0.39, 0.29) is 30.3 Å². The molecule has 2 aliphatic rings. The van der Waals surface area contributed by atoms with Crippen LogP contribution in [-0.4, -0.2) is 60.9 Å². The van der Waals surface area contributed by atoms with Crippen LogP contribution in [0.5, 0.6) is 5.75 Å². The molecule has 27 heavy (non-hydrogen) atoms. The van der Waals surface area contributed by atoms with Gasteiger partial charge in [0.15, 0.2) is 0 Å². The van der Waals surface area contributed by atoms with Gasteiger partial charge in [0.2, 0.25) is 5.91 Å². The number of ether oxygens (including phenoxy) is 1. The first-order valence-corrected chi connectivity index (χ1v) is 9.47. The highest BCUT2D eigenvalue weighted by Gasteiger charge is 2.30. The van der Waals surface area contributed by atoms with Crippen LogP contribution in [0, 0.1) is 12.8 Å². The Labute approximate surface area is 167 Å². The van der Waals surface area contributed by atoms with E-state index in [1.807, 2.05) is 28.9 Å². The van der Waals surface area contributed by atoms with Crippen LogP contribution >= 0.6 is 12.4 Å². The Hall–Kier alpha value is -1.79. The largest absolute Gasteiger partial charge is 0.496 e. The van der Waals surface area contributed by atoms with Gasteiger partial charge in [0.05, 0.1) is 7.11 Å². The molecular weight excluding hydrogens is 366 g/mol. The lowest BCUT2D eigenvalue weighted by Crippen LogP contribution is -2.51. The van der Waals surface area contributed by atoms with Gasteiger partial charge < -0.3 is 20.3 Å². The number of benzene rings is 1. The van der Waals surface area contributed by atoms with Gasteiger partial charge in [0.25, 0.3) is 5.91 Å². The number of aryl methyl sites for hydroxylation is 1. The van der Waals surface area contributed by atoms with Crippen molar-refractivity contribution >= 4 is 24.2 Å². The van der Waals surface area contributed by atoms with Crippen molar-refractivity contribution in [3.63, 3.8) is 0 Å². The monoisotopic (exact) mass is 395 g/mol. The highest BCUT2D eigenvalue weighted by molar-refractivity contribution is 5.95. The number of halogens is 1. The maximum Gasteiger partial charge on any atom is 0.254 e. The van der Waals surface area contributed by atoms with Gasteiger partial charge in [0, 0.05) is 44.2 Å². The van der Waals surface area contributed by atoms with Crippen molar-refractivity contribution in [3.05, 3.63) is 29.3 Å². The zero-order valence-electron chi connectivity index (χ0n) is 16.1. The Morgan fingerprint density at radius 3 is 2.41 bits per heavy atom. The molecule has 2 amide bonds. The minimum absolute atomic E-state index is 0. The summed E-state index contributed by atoms with van der Waals surface area (Å²) in [5.41, 5.74) is 7.72. The first kappa shape index (κ1) is 21.5. The summed E-state index contributed by atoms with van der Waals surface area (Å²) in [6.07, 6.45) is 3.76. The fourth-order valence-electron chi connectivity index (χ4n) is 3.97. The van der Waals surface area contributed by atoms with Gasteiger partial charge >= 0.3 is 0 Å². The van der Waals surface area contributed by atoms with Gasteiger partial charge in [-0.2, -0.15) is 0 Å². The highest BCUT2D eigenvalue weighted by atomic mass is 35.5. The second kappa shape index (κ2) is 9.42. The Bertz CT molecular complexity index is 674. The summed E-state index contributed by atoms with van der Waals surface area (Å²) in [4.78, 5) is 28.9. The van der Waals surface area contributed by atoms with Crippen molar-refractivity contribution in [1.82, 2.24) is 9.80 Å². The number of amides is 2. The normalized spacial score (nSPS) is 22.3. The van der Waals surface area contributed by atoms with E-state index in [0.29, 0.717) is 44.1 Å². The summed E-state index contributed by atoms with van der Waals surface area (Å²) in [5.74, 6) is 1.21. The van der Waals surface area contributed by atoms with Crippen molar-refractivity contribution < 1.29 is 14.3 Å². The average molecular weight is 396 g/mol. The number of piperazine rings is 1. The molecule has 1 saturated carbocycles. The molecular formula is C20H30ClN3O3. The number of hydrogen-bond donors (Lipinski definition) is 1. The molecule has 1 aromatic carbocycles. The Kier molecular flexibility index (Phi) is 7.50. The van der Waals surface area contributed by atoms with Crippen molar-refractivity contribution in [2.45, 2.75) is 38.6 Å². The lowest BCUT2D eigenvalue weighted by molar-refractivity contribution is -0.133. The molecule has 0 radical (unpaired) electrons. The highest BCUT2D eigenvalue weighted by Crippen LogP contribution is 2.27. The lowest BCUT2D eigenvalue weighted by Gasteiger charge is -2.35. The first-order chi connectivity index (χ1) is 12.5. The molecule has 0 bridgehead atoms. The number of nitrogens with zero attached hydrogens (tertiary/aromatic N) is 2. The van der Waals surface area contributed by atoms with Crippen LogP contribution < -0.4 is 10.5 Å². The van der Waals surface area contributed by atoms with Crippen LogP contribution in [0.2, 0.25) is 0 Å². The molecule has 1 heterocycles. The summed E-state index contributed by atoms with van der Waals surface area (Å²) >= 11 is 0. The average Bonchev–Trinajstić information content (AvgIpc) is 3.06. The Morgan fingerprint density at radius 1 is 1.15 bits per heavy atom. The molecule has 3 rings (SSSR count). The summed E-state index contributed by atoms with van der Waals surface area (Å²) in [6.45, 7) is 4.27. The van der Waals surface area contributed by atoms with E-state index in [1.165, 1.54) is 0 Å². The summed E-state index contributed by atoms with van der Waals surface area (Å²) in [6, 6.07) is 5.69. The van der Waals surface area contributed by atoms with Crippen molar-refractivity contribution in [1.29, 1.82) is 0 Å². The van der Waals surface area contributed by atoms with Gasteiger partial charge in [-0.15, -0.1) is 12.4 Å². The number of methoxy groups -OCH3 is 1. The topological polar surface area (TPSA) is 75.9 Å². The fraction of sp³-hybridized carbons (Fsp3) is 0.600. The SMILES string of the molecule is COc1cc(C(=O)N2CCN(C(=O)C[C@@H]3CCC[C@H]3N)CC2)ccc1C.Cl. The molecule has 1 aromatic rings. The van der Waals surface area contributed by atoms with Crippen LogP contribution in [0.25, 0.3) is 0 Å². The van der Waals surface area contributed by atoms with Gasteiger partial charge in [-0.05, 0) is 43.4 Å². The third-order valence-electron chi connectivity index (χ3n) is 5.73. The van der Waals surface area contributed by atoms with E-state index in [0.717, 1.165) is 30.6 Å². The molecule has 2 fully saturated rings. The minimum atomic E-state index is -0.00628. The van der Waals surface area contributed by atoms with Crippen LogP contribution in [0.4, 0.5) is 0 Å². The quantitative estimate of drug-likeness (QED) is 0.848. The van der Waals surface area contributed by atoms with Crippen molar-refractivity contribution in [2.75, 3.05) is 33.3 Å². The van der Waals surface area contributed by atoms with Crippen LogP contribution in [0.1, 0.15) is 41.6 Å². The van der Waals surface area contributed by atoms with E-state index in [2.05, 4.69) is 0 Å². The summed E-state index contributed by atoms with van der Waals surface area (Å²) < 4.78 is 5.31. The molecule has 150 valence electrons. The summed E-state index contributed by atoms with van der Waals surface area (Å²) in [7, 11) is 1.61. The van der Waals surface area contributed by atoms with E-state index < -0.39 is 0 Å². The zero-order valence-corrected chi connectivity index (χ0v) is 17.0. The fourth-order valence-corrected chi connectivity index (χ4v) is 3.97.